The second-order valence-corrected chi connectivity index (χ2v) is 6.58. The van der Waals surface area contributed by atoms with E-state index in [2.05, 4.69) is 36.0 Å². The first-order chi connectivity index (χ1) is 11.1. The van der Waals surface area contributed by atoms with Crippen LogP contribution in [-0.4, -0.2) is 41.5 Å². The highest BCUT2D eigenvalue weighted by Crippen LogP contribution is 2.27. The zero-order valence-electron chi connectivity index (χ0n) is 14.3. The fourth-order valence-electron chi connectivity index (χ4n) is 2.61. The van der Waals surface area contributed by atoms with Crippen LogP contribution in [0.3, 0.4) is 0 Å². The fraction of sp³-hybridized carbons (Fsp3) is 0.444. The average Bonchev–Trinajstić information content (AvgIpc) is 2.96. The molecule has 2 aromatic rings. The van der Waals surface area contributed by atoms with Gasteiger partial charge in [-0.1, -0.05) is 44.2 Å². The number of hydrogen-bond donors (Lipinski definition) is 1. The monoisotopic (exact) mass is 331 g/mol. The number of amides is 1. The lowest BCUT2D eigenvalue weighted by Crippen LogP contribution is -2.41. The van der Waals surface area contributed by atoms with Gasteiger partial charge in [0, 0.05) is 18.2 Å². The summed E-state index contributed by atoms with van der Waals surface area (Å²) in [6.07, 6.45) is 0. The van der Waals surface area contributed by atoms with Gasteiger partial charge in [-0.15, -0.1) is 11.3 Å². The van der Waals surface area contributed by atoms with Crippen LogP contribution >= 0.6 is 11.3 Å². The van der Waals surface area contributed by atoms with Crippen LogP contribution in [0.25, 0.3) is 10.6 Å². The van der Waals surface area contributed by atoms with Crippen LogP contribution in [0.4, 0.5) is 0 Å². The van der Waals surface area contributed by atoms with Crippen molar-refractivity contribution >= 4 is 17.2 Å². The van der Waals surface area contributed by atoms with Crippen molar-refractivity contribution in [3.63, 3.8) is 0 Å². The first-order valence-corrected chi connectivity index (χ1v) is 8.93. The van der Waals surface area contributed by atoms with Crippen molar-refractivity contribution in [2.24, 2.45) is 0 Å². The zero-order chi connectivity index (χ0) is 16.8. The molecule has 1 atom stereocenters. The van der Waals surface area contributed by atoms with Gasteiger partial charge in [-0.2, -0.15) is 0 Å². The van der Waals surface area contributed by atoms with E-state index >= 15 is 0 Å². The maximum absolute atomic E-state index is 12.5. The van der Waals surface area contributed by atoms with Crippen LogP contribution in [0.5, 0.6) is 0 Å². The van der Waals surface area contributed by atoms with Crippen molar-refractivity contribution in [1.29, 1.82) is 0 Å². The molecule has 2 rings (SSSR count). The lowest BCUT2D eigenvalue weighted by atomic mass is 10.2. The molecule has 4 nitrogen and oxygen atoms in total. The molecule has 1 unspecified atom stereocenters. The summed E-state index contributed by atoms with van der Waals surface area (Å²) in [5, 5.41) is 3.94. The topological polar surface area (TPSA) is 45.2 Å². The number of nitrogens with zero attached hydrogens (tertiary/aromatic N) is 2. The molecule has 0 saturated carbocycles. The van der Waals surface area contributed by atoms with Crippen LogP contribution in [0.1, 0.15) is 36.1 Å². The van der Waals surface area contributed by atoms with E-state index in [1.54, 1.807) is 0 Å². The molecule has 0 fully saturated rings. The molecule has 0 aliphatic heterocycles. The molecule has 1 heterocycles. The number of carbonyl (C=O) groups is 1. The smallest absolute Gasteiger partial charge is 0.263 e. The largest absolute Gasteiger partial charge is 0.350 e. The van der Waals surface area contributed by atoms with Crippen molar-refractivity contribution in [3.05, 3.63) is 40.9 Å². The van der Waals surface area contributed by atoms with Crippen molar-refractivity contribution in [2.45, 2.75) is 33.7 Å². The third kappa shape index (κ3) is 4.39. The summed E-state index contributed by atoms with van der Waals surface area (Å²) in [6, 6.07) is 10.3. The molecule has 1 aromatic heterocycles. The number of nitrogens with one attached hydrogen (secondary N) is 1. The molecule has 1 aromatic carbocycles. The van der Waals surface area contributed by atoms with Crippen LogP contribution in [-0.2, 0) is 0 Å². The number of aromatic nitrogens is 1. The van der Waals surface area contributed by atoms with E-state index in [9.17, 15) is 4.79 Å². The van der Waals surface area contributed by atoms with E-state index in [0.717, 1.165) is 29.4 Å². The number of carbonyl (C=O) groups excluding carboxylic acids is 1. The van der Waals surface area contributed by atoms with Gasteiger partial charge in [-0.05, 0) is 26.9 Å². The van der Waals surface area contributed by atoms with Crippen molar-refractivity contribution in [1.82, 2.24) is 15.2 Å². The summed E-state index contributed by atoms with van der Waals surface area (Å²) in [7, 11) is 0. The highest BCUT2D eigenvalue weighted by atomic mass is 32.1. The van der Waals surface area contributed by atoms with E-state index in [1.165, 1.54) is 11.3 Å². The zero-order valence-corrected chi connectivity index (χ0v) is 15.1. The standard InChI is InChI=1S/C18H25N3OS/c1-5-21(6-2)13(3)12-19-17(22)16-14(4)20-18(23-16)15-10-8-7-9-11-15/h7-11,13H,5-6,12H2,1-4H3,(H,19,22). The summed E-state index contributed by atoms with van der Waals surface area (Å²) in [5.74, 6) is -0.0267. The molecule has 0 bridgehead atoms. The minimum absolute atomic E-state index is 0.0267. The summed E-state index contributed by atoms with van der Waals surface area (Å²) >= 11 is 1.46. The Balaban J connectivity index is 2.04. The predicted octanol–water partition coefficient (Wildman–Crippen LogP) is 3.58. The van der Waals surface area contributed by atoms with E-state index in [1.807, 2.05) is 37.3 Å². The van der Waals surface area contributed by atoms with E-state index in [4.69, 9.17) is 0 Å². The lowest BCUT2D eigenvalue weighted by Gasteiger charge is -2.26. The molecule has 5 heteroatoms. The number of thiazole rings is 1. The lowest BCUT2D eigenvalue weighted by molar-refractivity contribution is 0.0941. The van der Waals surface area contributed by atoms with E-state index in [0.29, 0.717) is 17.5 Å². The summed E-state index contributed by atoms with van der Waals surface area (Å²) in [5.41, 5.74) is 1.85. The number of aryl methyl sites for hydroxylation is 1. The Kier molecular flexibility index (Phi) is 6.30. The van der Waals surface area contributed by atoms with Gasteiger partial charge in [0.05, 0.1) is 5.69 Å². The Bertz CT molecular complexity index is 635. The maximum Gasteiger partial charge on any atom is 0.263 e. The molecule has 0 saturated heterocycles. The molecule has 0 aliphatic carbocycles. The molecule has 0 aliphatic rings. The molecule has 1 amide bonds. The molecule has 23 heavy (non-hydrogen) atoms. The van der Waals surface area contributed by atoms with Crippen LogP contribution in [0, 0.1) is 6.92 Å². The van der Waals surface area contributed by atoms with Gasteiger partial charge in [-0.3, -0.25) is 9.69 Å². The normalized spacial score (nSPS) is 12.4. The number of likely N-dealkylation sites (N-methyl/N-ethyl adjacent to an activating group) is 1. The first kappa shape index (κ1) is 17.6. The second kappa shape index (κ2) is 8.22. The van der Waals surface area contributed by atoms with Crippen LogP contribution < -0.4 is 5.32 Å². The SMILES string of the molecule is CCN(CC)C(C)CNC(=O)c1sc(-c2ccccc2)nc1C. The van der Waals surface area contributed by atoms with Gasteiger partial charge in [0.1, 0.15) is 9.88 Å². The second-order valence-electron chi connectivity index (χ2n) is 5.58. The van der Waals surface area contributed by atoms with Gasteiger partial charge in [-0.25, -0.2) is 4.98 Å². The fourth-order valence-corrected chi connectivity index (χ4v) is 3.60. The minimum atomic E-state index is -0.0267. The minimum Gasteiger partial charge on any atom is -0.350 e. The summed E-state index contributed by atoms with van der Waals surface area (Å²) < 4.78 is 0. The van der Waals surface area contributed by atoms with Gasteiger partial charge in [0.25, 0.3) is 5.91 Å². The summed E-state index contributed by atoms with van der Waals surface area (Å²) in [6.45, 7) is 10.9. The highest BCUT2D eigenvalue weighted by Gasteiger charge is 2.17. The third-order valence-electron chi connectivity index (χ3n) is 4.02. The number of rotatable bonds is 7. The van der Waals surface area contributed by atoms with E-state index < -0.39 is 0 Å². The summed E-state index contributed by atoms with van der Waals surface area (Å²) in [4.78, 5) is 20.0. The molecular weight excluding hydrogens is 306 g/mol. The van der Waals surface area contributed by atoms with E-state index in [-0.39, 0.29) is 5.91 Å². The Morgan fingerprint density at radius 3 is 2.52 bits per heavy atom. The van der Waals surface area contributed by atoms with Gasteiger partial charge >= 0.3 is 0 Å². The first-order valence-electron chi connectivity index (χ1n) is 8.11. The molecule has 124 valence electrons. The Labute approximate surface area is 142 Å². The number of benzene rings is 1. The molecular formula is C18H25N3OS. The quantitative estimate of drug-likeness (QED) is 0.843. The van der Waals surface area contributed by atoms with Crippen molar-refractivity contribution in [2.75, 3.05) is 19.6 Å². The highest BCUT2D eigenvalue weighted by molar-refractivity contribution is 7.17. The van der Waals surface area contributed by atoms with Crippen molar-refractivity contribution in [3.8, 4) is 10.6 Å². The Hall–Kier alpha value is -1.72. The third-order valence-corrected chi connectivity index (χ3v) is 5.22. The average molecular weight is 331 g/mol. The molecule has 0 spiro atoms. The number of hydrogen-bond acceptors (Lipinski definition) is 4. The van der Waals surface area contributed by atoms with Crippen LogP contribution in [0.2, 0.25) is 0 Å². The van der Waals surface area contributed by atoms with Gasteiger partial charge in [0.2, 0.25) is 0 Å². The molecule has 1 N–H and O–H groups in total. The Morgan fingerprint density at radius 2 is 1.91 bits per heavy atom. The van der Waals surface area contributed by atoms with Crippen LogP contribution in [0.15, 0.2) is 30.3 Å². The van der Waals surface area contributed by atoms with Gasteiger partial charge in [0.15, 0.2) is 0 Å². The van der Waals surface area contributed by atoms with Crippen molar-refractivity contribution < 1.29 is 4.79 Å². The Morgan fingerprint density at radius 1 is 1.26 bits per heavy atom. The molecule has 0 radical (unpaired) electrons. The van der Waals surface area contributed by atoms with Gasteiger partial charge < -0.3 is 5.32 Å². The predicted molar refractivity (Wildman–Crippen MR) is 97.0 cm³/mol. The maximum atomic E-state index is 12.5.